The Hall–Kier alpha value is -1.93. The van der Waals surface area contributed by atoms with Crippen LogP contribution in [0.25, 0.3) is 11.0 Å². The van der Waals surface area contributed by atoms with Gasteiger partial charge >= 0.3 is 0 Å². The minimum atomic E-state index is 0.320. The van der Waals surface area contributed by atoms with Crippen LogP contribution in [-0.2, 0) is 0 Å². The lowest BCUT2D eigenvalue weighted by atomic mass is 10.1. The summed E-state index contributed by atoms with van der Waals surface area (Å²) >= 11 is 0. The Kier molecular flexibility index (Phi) is 2.08. The predicted molar refractivity (Wildman–Crippen MR) is 58.6 cm³/mol. The number of aromatic amines is 1. The van der Waals surface area contributed by atoms with Crippen LogP contribution >= 0.6 is 0 Å². The monoisotopic (exact) mass is 213 g/mol. The molecule has 3 rings (SSSR count). The van der Waals surface area contributed by atoms with Crippen molar-refractivity contribution in [3.8, 4) is 6.07 Å². The molecule has 0 radical (unpaired) electrons. The van der Waals surface area contributed by atoms with Gasteiger partial charge in [-0.05, 0) is 25.5 Å². The van der Waals surface area contributed by atoms with Gasteiger partial charge in [-0.1, -0.05) is 0 Å². The Bertz CT molecular complexity index is 559. The van der Waals surface area contributed by atoms with Crippen molar-refractivity contribution in [2.45, 2.75) is 18.9 Å². The molecule has 5 nitrogen and oxygen atoms in total. The topological polar surface area (TPSA) is 77.4 Å². The van der Waals surface area contributed by atoms with Gasteiger partial charge < -0.3 is 5.32 Å². The van der Waals surface area contributed by atoms with E-state index in [9.17, 15) is 0 Å². The van der Waals surface area contributed by atoms with Crippen LogP contribution in [0.1, 0.15) is 30.1 Å². The molecule has 0 bridgehead atoms. The normalized spacial score (nSPS) is 20.1. The number of H-pyrrole nitrogens is 1. The number of nitrogens with zero attached hydrogens (tertiary/aromatic N) is 3. The molecule has 3 heterocycles. The van der Waals surface area contributed by atoms with E-state index >= 15 is 0 Å². The van der Waals surface area contributed by atoms with Gasteiger partial charge in [-0.15, -0.1) is 0 Å². The first-order chi connectivity index (χ1) is 7.88. The SMILES string of the molecule is N#Cc1cnc2n[nH]c(C3CCCN3)c2c1. The van der Waals surface area contributed by atoms with E-state index in [0.717, 1.165) is 24.0 Å². The third-order valence-corrected chi connectivity index (χ3v) is 2.98. The summed E-state index contributed by atoms with van der Waals surface area (Å²) in [4.78, 5) is 4.15. The third-order valence-electron chi connectivity index (χ3n) is 2.98. The summed E-state index contributed by atoms with van der Waals surface area (Å²) in [6.07, 6.45) is 3.83. The highest BCUT2D eigenvalue weighted by Gasteiger charge is 2.20. The summed E-state index contributed by atoms with van der Waals surface area (Å²) in [6, 6.07) is 4.27. The van der Waals surface area contributed by atoms with E-state index in [0.29, 0.717) is 17.3 Å². The summed E-state index contributed by atoms with van der Waals surface area (Å²) in [5, 5.41) is 20.4. The smallest absolute Gasteiger partial charge is 0.181 e. The summed E-state index contributed by atoms with van der Waals surface area (Å²) in [6.45, 7) is 1.04. The fourth-order valence-electron chi connectivity index (χ4n) is 2.18. The number of hydrogen-bond acceptors (Lipinski definition) is 4. The van der Waals surface area contributed by atoms with Crippen LogP contribution in [0, 0.1) is 11.3 Å². The molecule has 1 atom stereocenters. The number of nitrogens with one attached hydrogen (secondary N) is 2. The third kappa shape index (κ3) is 1.35. The van der Waals surface area contributed by atoms with Crippen LogP contribution in [0.3, 0.4) is 0 Å². The highest BCUT2D eigenvalue weighted by Crippen LogP contribution is 2.27. The molecule has 1 unspecified atom stereocenters. The van der Waals surface area contributed by atoms with Crippen LogP contribution < -0.4 is 5.32 Å². The van der Waals surface area contributed by atoms with Crippen LogP contribution in [0.2, 0.25) is 0 Å². The molecule has 0 spiro atoms. The van der Waals surface area contributed by atoms with Gasteiger partial charge in [-0.25, -0.2) is 4.98 Å². The molecule has 1 aliphatic heterocycles. The Balaban J connectivity index is 2.14. The van der Waals surface area contributed by atoms with Gasteiger partial charge in [-0.3, -0.25) is 5.10 Å². The van der Waals surface area contributed by atoms with E-state index in [4.69, 9.17) is 5.26 Å². The molecule has 2 aromatic rings. The van der Waals surface area contributed by atoms with Crippen LogP contribution in [0.4, 0.5) is 0 Å². The van der Waals surface area contributed by atoms with E-state index in [1.54, 1.807) is 6.20 Å². The molecule has 16 heavy (non-hydrogen) atoms. The van der Waals surface area contributed by atoms with Crippen molar-refractivity contribution in [2.75, 3.05) is 6.54 Å². The largest absolute Gasteiger partial charge is 0.309 e. The fraction of sp³-hybridized carbons (Fsp3) is 0.364. The summed E-state index contributed by atoms with van der Waals surface area (Å²) in [7, 11) is 0. The summed E-state index contributed by atoms with van der Waals surface area (Å²) < 4.78 is 0. The van der Waals surface area contributed by atoms with Crippen molar-refractivity contribution < 1.29 is 0 Å². The lowest BCUT2D eigenvalue weighted by molar-refractivity contribution is 0.629. The second-order valence-electron chi connectivity index (χ2n) is 3.99. The minimum Gasteiger partial charge on any atom is -0.309 e. The molecule has 1 fully saturated rings. The lowest BCUT2D eigenvalue weighted by Crippen LogP contribution is -2.13. The van der Waals surface area contributed by atoms with Crippen molar-refractivity contribution >= 4 is 11.0 Å². The quantitative estimate of drug-likeness (QED) is 0.747. The highest BCUT2D eigenvalue weighted by molar-refractivity contribution is 5.79. The molecular formula is C11H11N5. The van der Waals surface area contributed by atoms with Crippen molar-refractivity contribution in [1.82, 2.24) is 20.5 Å². The highest BCUT2D eigenvalue weighted by atomic mass is 15.2. The molecule has 1 saturated heterocycles. The molecule has 0 aromatic carbocycles. The zero-order valence-corrected chi connectivity index (χ0v) is 8.70. The molecule has 0 saturated carbocycles. The van der Waals surface area contributed by atoms with Gasteiger partial charge in [0.15, 0.2) is 5.65 Å². The number of rotatable bonds is 1. The van der Waals surface area contributed by atoms with Gasteiger partial charge in [0.05, 0.1) is 11.3 Å². The van der Waals surface area contributed by atoms with E-state index in [1.165, 1.54) is 6.42 Å². The Morgan fingerprint density at radius 3 is 3.19 bits per heavy atom. The van der Waals surface area contributed by atoms with Crippen molar-refractivity contribution in [1.29, 1.82) is 5.26 Å². The van der Waals surface area contributed by atoms with E-state index < -0.39 is 0 Å². The Labute approximate surface area is 92.5 Å². The number of nitriles is 1. The standard InChI is InChI=1S/C11H11N5/c12-5-7-4-8-10(9-2-1-3-13-9)15-16-11(8)14-6-7/h4,6,9,13H,1-3H2,(H,14,15,16). The maximum atomic E-state index is 8.85. The second kappa shape index (κ2) is 3.58. The van der Waals surface area contributed by atoms with Gasteiger partial charge in [0.2, 0.25) is 0 Å². The van der Waals surface area contributed by atoms with E-state index in [1.807, 2.05) is 6.07 Å². The van der Waals surface area contributed by atoms with E-state index in [-0.39, 0.29) is 0 Å². The molecule has 80 valence electrons. The van der Waals surface area contributed by atoms with Gasteiger partial charge in [0.25, 0.3) is 0 Å². The molecule has 2 aromatic heterocycles. The number of fused-ring (bicyclic) bond motifs is 1. The Morgan fingerprint density at radius 1 is 1.50 bits per heavy atom. The molecule has 2 N–H and O–H groups in total. The van der Waals surface area contributed by atoms with Crippen LogP contribution in [-0.4, -0.2) is 21.7 Å². The first kappa shape index (κ1) is 9.31. The summed E-state index contributed by atoms with van der Waals surface area (Å²) in [5.41, 5.74) is 2.31. The molecule has 5 heteroatoms. The first-order valence-electron chi connectivity index (χ1n) is 5.36. The van der Waals surface area contributed by atoms with Crippen molar-refractivity contribution in [3.63, 3.8) is 0 Å². The Morgan fingerprint density at radius 2 is 2.44 bits per heavy atom. The number of hydrogen-bond donors (Lipinski definition) is 2. The summed E-state index contributed by atoms with van der Waals surface area (Å²) in [5.74, 6) is 0. The predicted octanol–water partition coefficient (Wildman–Crippen LogP) is 1.25. The number of pyridine rings is 1. The zero-order chi connectivity index (χ0) is 11.0. The average Bonchev–Trinajstić information content (AvgIpc) is 2.96. The minimum absolute atomic E-state index is 0.320. The van der Waals surface area contributed by atoms with E-state index in [2.05, 4.69) is 26.6 Å². The van der Waals surface area contributed by atoms with Gasteiger partial charge in [0, 0.05) is 17.6 Å². The van der Waals surface area contributed by atoms with Gasteiger partial charge in [-0.2, -0.15) is 10.4 Å². The molecule has 0 amide bonds. The molecular weight excluding hydrogens is 202 g/mol. The van der Waals surface area contributed by atoms with Gasteiger partial charge in [0.1, 0.15) is 6.07 Å². The lowest BCUT2D eigenvalue weighted by Gasteiger charge is -2.07. The maximum absolute atomic E-state index is 8.85. The van der Waals surface area contributed by atoms with Crippen LogP contribution in [0.5, 0.6) is 0 Å². The first-order valence-corrected chi connectivity index (χ1v) is 5.36. The van der Waals surface area contributed by atoms with Crippen molar-refractivity contribution in [2.24, 2.45) is 0 Å². The van der Waals surface area contributed by atoms with Crippen LogP contribution in [0.15, 0.2) is 12.3 Å². The van der Waals surface area contributed by atoms with Crippen molar-refractivity contribution in [3.05, 3.63) is 23.5 Å². The number of aromatic nitrogens is 3. The second-order valence-corrected chi connectivity index (χ2v) is 3.99. The maximum Gasteiger partial charge on any atom is 0.181 e. The average molecular weight is 213 g/mol. The molecule has 0 aliphatic carbocycles. The molecule has 1 aliphatic rings. The fourth-order valence-corrected chi connectivity index (χ4v) is 2.18. The zero-order valence-electron chi connectivity index (χ0n) is 8.70.